The molecule has 9 heteroatoms. The number of ether oxygens (including phenoxy) is 1. The van der Waals surface area contributed by atoms with Crippen LogP contribution in [0.4, 0.5) is 9.18 Å². The van der Waals surface area contributed by atoms with Gasteiger partial charge < -0.3 is 24.6 Å². The van der Waals surface area contributed by atoms with Gasteiger partial charge in [-0.1, -0.05) is 6.08 Å². The highest BCUT2D eigenvalue weighted by atomic mass is 32.2. The molecular formula is C31H38FN3O4S. The third kappa shape index (κ3) is 6.81. The van der Waals surface area contributed by atoms with Crippen molar-refractivity contribution >= 4 is 40.2 Å². The van der Waals surface area contributed by atoms with E-state index in [1.807, 2.05) is 65.3 Å². The predicted molar refractivity (Wildman–Crippen MR) is 158 cm³/mol. The van der Waals surface area contributed by atoms with Gasteiger partial charge in [-0.15, -0.1) is 11.8 Å². The number of amides is 2. The molecule has 1 aliphatic heterocycles. The second-order valence-corrected chi connectivity index (χ2v) is 13.2. The Bertz CT molecular complexity index is 1460. The molecule has 1 aliphatic rings. The van der Waals surface area contributed by atoms with Crippen LogP contribution in [0.3, 0.4) is 0 Å². The number of nitrogens with one attached hydrogen (secondary N) is 1. The molecule has 0 radical (unpaired) electrons. The quantitative estimate of drug-likeness (QED) is 0.329. The smallest absolute Gasteiger partial charge is 0.410 e. The number of phenolic OH excluding ortho intramolecular Hbond substituents is 1. The summed E-state index contributed by atoms with van der Waals surface area (Å²) in [7, 11) is 1.91. The van der Waals surface area contributed by atoms with Crippen LogP contribution in [0.15, 0.2) is 47.4 Å². The Morgan fingerprint density at radius 2 is 1.77 bits per heavy atom. The third-order valence-electron chi connectivity index (χ3n) is 6.55. The maximum Gasteiger partial charge on any atom is 0.410 e. The van der Waals surface area contributed by atoms with E-state index in [1.54, 1.807) is 23.1 Å². The maximum atomic E-state index is 13.5. The number of carbonyl (C=O) groups excluding carboxylic acids is 2. The molecule has 1 aromatic heterocycles. The molecule has 4 rings (SSSR count). The van der Waals surface area contributed by atoms with Crippen molar-refractivity contribution in [2.24, 2.45) is 7.05 Å². The summed E-state index contributed by atoms with van der Waals surface area (Å²) in [5.41, 5.74) is 2.72. The zero-order valence-corrected chi connectivity index (χ0v) is 25.0. The second kappa shape index (κ2) is 11.2. The average molecular weight is 568 g/mol. The lowest BCUT2D eigenvalue weighted by molar-refractivity contribution is 0.0270. The summed E-state index contributed by atoms with van der Waals surface area (Å²) in [5.74, 6) is 0.0452. The molecule has 0 saturated carbocycles. The fraction of sp³-hybridized carbons (Fsp3) is 0.419. The van der Waals surface area contributed by atoms with E-state index in [2.05, 4.69) is 5.32 Å². The highest BCUT2D eigenvalue weighted by Crippen LogP contribution is 2.38. The van der Waals surface area contributed by atoms with Crippen molar-refractivity contribution in [3.05, 3.63) is 65.1 Å². The number of nitrogens with zero attached hydrogens (tertiary/aromatic N) is 2. The van der Waals surface area contributed by atoms with Crippen molar-refractivity contribution in [2.45, 2.75) is 69.8 Å². The van der Waals surface area contributed by atoms with Crippen LogP contribution in [0, 0.1) is 5.82 Å². The SMILES string of the molecule is Cn1c(CSc2ccc(F)cc2)c(C(=O)NC(C)(C)C)c2cc(O)c(C3=CCN(C(=O)OC(C)(C)C)CC3)cc21. The lowest BCUT2D eigenvalue weighted by Gasteiger charge is -2.29. The van der Waals surface area contributed by atoms with Crippen LogP contribution in [-0.4, -0.2) is 50.8 Å². The van der Waals surface area contributed by atoms with Crippen LogP contribution in [0.2, 0.25) is 0 Å². The fourth-order valence-corrected chi connectivity index (χ4v) is 5.66. The van der Waals surface area contributed by atoms with Crippen LogP contribution in [0.25, 0.3) is 16.5 Å². The molecule has 0 spiro atoms. The summed E-state index contributed by atoms with van der Waals surface area (Å²) < 4.78 is 20.9. The minimum Gasteiger partial charge on any atom is -0.507 e. The van der Waals surface area contributed by atoms with Gasteiger partial charge in [0.25, 0.3) is 5.91 Å². The molecular weight excluding hydrogens is 529 g/mol. The van der Waals surface area contributed by atoms with Gasteiger partial charge in [-0.25, -0.2) is 9.18 Å². The van der Waals surface area contributed by atoms with Gasteiger partial charge in [-0.3, -0.25) is 4.79 Å². The predicted octanol–water partition coefficient (Wildman–Crippen LogP) is 6.87. The van der Waals surface area contributed by atoms with Gasteiger partial charge in [-0.05, 0) is 89.9 Å². The van der Waals surface area contributed by atoms with E-state index in [9.17, 15) is 19.1 Å². The second-order valence-electron chi connectivity index (χ2n) is 12.1. The molecule has 0 fully saturated rings. The first-order chi connectivity index (χ1) is 18.6. The lowest BCUT2D eigenvalue weighted by Crippen LogP contribution is -2.40. The number of carbonyl (C=O) groups is 2. The number of halogens is 1. The molecule has 0 unspecified atom stereocenters. The number of hydrogen-bond acceptors (Lipinski definition) is 5. The number of aryl methyl sites for hydroxylation is 1. The minimum atomic E-state index is -0.569. The van der Waals surface area contributed by atoms with Crippen LogP contribution in [-0.2, 0) is 17.5 Å². The molecule has 0 atom stereocenters. The highest BCUT2D eigenvalue weighted by molar-refractivity contribution is 7.98. The van der Waals surface area contributed by atoms with Crippen molar-refractivity contribution in [1.29, 1.82) is 0 Å². The van der Waals surface area contributed by atoms with Gasteiger partial charge in [0.1, 0.15) is 17.2 Å². The number of phenols is 1. The number of benzene rings is 2. The van der Waals surface area contributed by atoms with Gasteiger partial charge in [0.15, 0.2) is 0 Å². The molecule has 2 N–H and O–H groups in total. The number of aromatic nitrogens is 1. The lowest BCUT2D eigenvalue weighted by atomic mass is 9.96. The summed E-state index contributed by atoms with van der Waals surface area (Å²) >= 11 is 1.51. The van der Waals surface area contributed by atoms with Gasteiger partial charge in [0.2, 0.25) is 0 Å². The minimum absolute atomic E-state index is 0.0811. The summed E-state index contributed by atoms with van der Waals surface area (Å²) in [6, 6.07) is 9.86. The Labute approximate surface area is 239 Å². The van der Waals surface area contributed by atoms with Gasteiger partial charge in [0.05, 0.1) is 5.56 Å². The summed E-state index contributed by atoms with van der Waals surface area (Å²) in [6.45, 7) is 12.2. The van der Waals surface area contributed by atoms with E-state index in [1.165, 1.54) is 23.9 Å². The fourth-order valence-electron chi connectivity index (χ4n) is 4.69. The van der Waals surface area contributed by atoms with Crippen LogP contribution in [0.1, 0.15) is 69.6 Å². The zero-order chi connectivity index (χ0) is 29.4. The van der Waals surface area contributed by atoms with Crippen molar-refractivity contribution in [1.82, 2.24) is 14.8 Å². The van der Waals surface area contributed by atoms with Crippen molar-refractivity contribution in [3.63, 3.8) is 0 Å². The van der Waals surface area contributed by atoms with E-state index in [4.69, 9.17) is 4.74 Å². The van der Waals surface area contributed by atoms with Crippen LogP contribution in [0.5, 0.6) is 5.75 Å². The molecule has 7 nitrogen and oxygen atoms in total. The molecule has 40 heavy (non-hydrogen) atoms. The van der Waals surface area contributed by atoms with Crippen molar-refractivity contribution < 1.29 is 23.8 Å². The van der Waals surface area contributed by atoms with Gasteiger partial charge in [-0.2, -0.15) is 0 Å². The summed E-state index contributed by atoms with van der Waals surface area (Å²) in [6.07, 6.45) is 2.14. The summed E-state index contributed by atoms with van der Waals surface area (Å²) in [4.78, 5) is 28.6. The van der Waals surface area contributed by atoms with Gasteiger partial charge in [0, 0.05) is 58.5 Å². The Balaban J connectivity index is 1.70. The molecule has 2 heterocycles. The largest absolute Gasteiger partial charge is 0.507 e. The molecule has 214 valence electrons. The maximum absolute atomic E-state index is 13.5. The van der Waals surface area contributed by atoms with Crippen molar-refractivity contribution in [3.8, 4) is 5.75 Å². The van der Waals surface area contributed by atoms with E-state index in [-0.39, 0.29) is 23.6 Å². The molecule has 0 aliphatic carbocycles. The zero-order valence-electron chi connectivity index (χ0n) is 24.2. The highest BCUT2D eigenvalue weighted by Gasteiger charge is 2.28. The topological polar surface area (TPSA) is 83.8 Å². The summed E-state index contributed by atoms with van der Waals surface area (Å²) in [5, 5.41) is 14.9. The first-order valence-electron chi connectivity index (χ1n) is 13.4. The van der Waals surface area contributed by atoms with E-state index in [0.29, 0.717) is 41.8 Å². The van der Waals surface area contributed by atoms with E-state index < -0.39 is 11.1 Å². The Kier molecular flexibility index (Phi) is 8.26. The van der Waals surface area contributed by atoms with Gasteiger partial charge >= 0.3 is 6.09 Å². The molecule has 3 aromatic rings. The monoisotopic (exact) mass is 567 g/mol. The molecule has 0 saturated heterocycles. The Morgan fingerprint density at radius 1 is 1.10 bits per heavy atom. The van der Waals surface area contributed by atoms with Crippen LogP contribution < -0.4 is 5.32 Å². The number of hydrogen-bond donors (Lipinski definition) is 2. The van der Waals surface area contributed by atoms with Crippen molar-refractivity contribution in [2.75, 3.05) is 13.1 Å². The molecule has 2 aromatic carbocycles. The Morgan fingerprint density at radius 3 is 2.35 bits per heavy atom. The van der Waals surface area contributed by atoms with E-state index >= 15 is 0 Å². The Hall–Kier alpha value is -3.46. The molecule has 0 bridgehead atoms. The first kappa shape index (κ1) is 29.5. The average Bonchev–Trinajstić information content (AvgIpc) is 3.11. The third-order valence-corrected chi connectivity index (χ3v) is 7.57. The first-order valence-corrected chi connectivity index (χ1v) is 14.3. The number of rotatable bonds is 5. The number of aromatic hydroxyl groups is 1. The van der Waals surface area contributed by atoms with E-state index in [0.717, 1.165) is 21.7 Å². The molecule has 2 amide bonds. The number of thioether (sulfide) groups is 1. The standard InChI is InChI=1S/C31H38FN3O4S/c1-30(2,3)33-28(37)27-23-17-26(36)22(19-12-14-35(15-13-19)29(38)39-31(4,5)6)16-24(23)34(7)25(27)18-40-21-10-8-20(32)9-11-21/h8-12,16-17,36H,13-15,18H2,1-7H3,(H,33,37). The normalized spacial score (nSPS) is 14.3. The number of fused-ring (bicyclic) bond motifs is 1. The van der Waals surface area contributed by atoms with Crippen LogP contribution >= 0.6 is 11.8 Å².